The van der Waals surface area contributed by atoms with Crippen LogP contribution in [0.4, 0.5) is 10.5 Å². The highest BCUT2D eigenvalue weighted by atomic mass is 127. The summed E-state index contributed by atoms with van der Waals surface area (Å²) < 4.78 is 12.6. The number of hydrogen-bond acceptors (Lipinski definition) is 5. The molecule has 1 N–H and O–H groups in total. The number of amides is 4. The number of nitrogens with zero attached hydrogens (tertiary/aromatic N) is 1. The molecule has 4 aromatic carbocycles. The highest BCUT2D eigenvalue weighted by Gasteiger charge is 2.37. The van der Waals surface area contributed by atoms with Crippen LogP contribution < -0.4 is 19.7 Å². The number of methoxy groups -OCH3 is 1. The molecule has 0 unspecified atom stereocenters. The number of barbiturate groups is 1. The van der Waals surface area contributed by atoms with Gasteiger partial charge < -0.3 is 9.47 Å². The zero-order chi connectivity index (χ0) is 27.7. The van der Waals surface area contributed by atoms with Gasteiger partial charge >= 0.3 is 6.03 Å². The second kappa shape index (κ2) is 10.9. The first-order chi connectivity index (χ1) is 18.8. The third-order valence-corrected chi connectivity index (χ3v) is 7.46. The van der Waals surface area contributed by atoms with Crippen LogP contribution in [0.25, 0.3) is 16.8 Å². The molecule has 5 rings (SSSR count). The number of aryl methyl sites for hydroxylation is 2. The molecule has 0 bridgehead atoms. The number of anilines is 1. The van der Waals surface area contributed by atoms with Crippen LogP contribution in [0.3, 0.4) is 0 Å². The minimum absolute atomic E-state index is 0.157. The maximum atomic E-state index is 13.3. The summed E-state index contributed by atoms with van der Waals surface area (Å²) in [6.45, 7) is 4.19. The monoisotopic (exact) mass is 632 g/mol. The lowest BCUT2D eigenvalue weighted by Gasteiger charge is -2.27. The third kappa shape index (κ3) is 5.12. The van der Waals surface area contributed by atoms with Crippen molar-refractivity contribution in [1.29, 1.82) is 0 Å². The van der Waals surface area contributed by atoms with Crippen LogP contribution in [0, 0.1) is 17.4 Å². The van der Waals surface area contributed by atoms with E-state index >= 15 is 0 Å². The molecule has 39 heavy (non-hydrogen) atoms. The second-order valence-electron chi connectivity index (χ2n) is 9.15. The Hall–Kier alpha value is -4.18. The molecule has 0 saturated carbocycles. The molecule has 1 heterocycles. The van der Waals surface area contributed by atoms with E-state index in [1.54, 1.807) is 37.3 Å². The Morgan fingerprint density at radius 2 is 1.67 bits per heavy atom. The Balaban J connectivity index is 1.47. The van der Waals surface area contributed by atoms with Crippen molar-refractivity contribution in [3.05, 3.63) is 104 Å². The summed E-state index contributed by atoms with van der Waals surface area (Å²) in [5, 5.41) is 4.54. The van der Waals surface area contributed by atoms with E-state index in [2.05, 4.69) is 59.1 Å². The number of carbonyl (C=O) groups is 3. The van der Waals surface area contributed by atoms with Crippen molar-refractivity contribution in [2.45, 2.75) is 20.5 Å². The number of nitrogens with one attached hydrogen (secondary N) is 1. The normalized spacial score (nSPS) is 14.6. The van der Waals surface area contributed by atoms with Crippen molar-refractivity contribution in [3.63, 3.8) is 0 Å². The van der Waals surface area contributed by atoms with Crippen molar-refractivity contribution >= 4 is 63.0 Å². The minimum Gasteiger partial charge on any atom is -0.493 e. The van der Waals surface area contributed by atoms with Gasteiger partial charge in [-0.3, -0.25) is 14.9 Å². The first kappa shape index (κ1) is 26.4. The summed E-state index contributed by atoms with van der Waals surface area (Å²) in [4.78, 5) is 39.6. The van der Waals surface area contributed by atoms with Crippen molar-refractivity contribution in [1.82, 2.24) is 5.32 Å². The summed E-state index contributed by atoms with van der Waals surface area (Å²) in [5.41, 5.74) is 3.76. The zero-order valence-corrected chi connectivity index (χ0v) is 23.7. The van der Waals surface area contributed by atoms with Crippen molar-refractivity contribution < 1.29 is 23.9 Å². The van der Waals surface area contributed by atoms with Crippen LogP contribution in [0.5, 0.6) is 11.5 Å². The number of halogens is 1. The van der Waals surface area contributed by atoms with Crippen molar-refractivity contribution in [3.8, 4) is 11.5 Å². The van der Waals surface area contributed by atoms with E-state index in [1.165, 1.54) is 13.2 Å². The lowest BCUT2D eigenvalue weighted by atomic mass is 10.0. The summed E-state index contributed by atoms with van der Waals surface area (Å²) in [7, 11) is 1.54. The molecule has 1 saturated heterocycles. The molecular formula is C31H25IN2O5. The minimum atomic E-state index is -0.781. The fourth-order valence-electron chi connectivity index (χ4n) is 4.60. The van der Waals surface area contributed by atoms with Gasteiger partial charge in [-0.25, -0.2) is 9.69 Å². The Labute approximate surface area is 239 Å². The number of hydrogen-bond donors (Lipinski definition) is 1. The summed E-state index contributed by atoms with van der Waals surface area (Å²) in [6.07, 6.45) is 1.46. The van der Waals surface area contributed by atoms with Crippen molar-refractivity contribution in [2.75, 3.05) is 12.0 Å². The number of fused-ring (bicyclic) bond motifs is 1. The van der Waals surface area contributed by atoms with Gasteiger partial charge in [0.1, 0.15) is 12.2 Å². The fraction of sp³-hybridized carbons (Fsp3) is 0.129. The van der Waals surface area contributed by atoms with E-state index in [4.69, 9.17) is 9.47 Å². The molecule has 0 aliphatic carbocycles. The predicted octanol–water partition coefficient (Wildman–Crippen LogP) is 6.32. The van der Waals surface area contributed by atoms with E-state index in [0.29, 0.717) is 29.4 Å². The van der Waals surface area contributed by atoms with Crippen LogP contribution in [0.15, 0.2) is 78.4 Å². The summed E-state index contributed by atoms with van der Waals surface area (Å²) in [5.74, 6) is -0.430. The quantitative estimate of drug-likeness (QED) is 0.153. The SMILES string of the molecule is COc1cc(/C=C2\C(=O)NC(=O)N(c3ccccc3C)C2=O)cc(I)c1OCc1c(C)ccc2ccccc12. The van der Waals surface area contributed by atoms with E-state index in [0.717, 1.165) is 35.9 Å². The van der Waals surface area contributed by atoms with Gasteiger partial charge in [-0.1, -0.05) is 54.6 Å². The number of ether oxygens (including phenoxy) is 2. The number of para-hydroxylation sites is 1. The lowest BCUT2D eigenvalue weighted by molar-refractivity contribution is -0.122. The zero-order valence-electron chi connectivity index (χ0n) is 21.6. The molecule has 1 aliphatic rings. The molecule has 8 heteroatoms. The maximum absolute atomic E-state index is 13.3. The Kier molecular flexibility index (Phi) is 7.38. The molecule has 1 aliphatic heterocycles. The van der Waals surface area contributed by atoms with E-state index in [-0.39, 0.29) is 5.57 Å². The number of benzene rings is 4. The Morgan fingerprint density at radius 1 is 0.923 bits per heavy atom. The second-order valence-corrected chi connectivity index (χ2v) is 10.3. The molecule has 0 spiro atoms. The Morgan fingerprint density at radius 3 is 2.44 bits per heavy atom. The van der Waals surface area contributed by atoms with Crippen LogP contribution in [0.1, 0.15) is 22.3 Å². The third-order valence-electron chi connectivity index (χ3n) is 6.66. The van der Waals surface area contributed by atoms with Gasteiger partial charge in [0.25, 0.3) is 11.8 Å². The van der Waals surface area contributed by atoms with Gasteiger partial charge in [0.2, 0.25) is 0 Å². The molecule has 0 atom stereocenters. The smallest absolute Gasteiger partial charge is 0.335 e. The first-order valence-electron chi connectivity index (χ1n) is 12.2. The largest absolute Gasteiger partial charge is 0.493 e. The van der Waals surface area contributed by atoms with Gasteiger partial charge in [0.05, 0.1) is 16.4 Å². The predicted molar refractivity (Wildman–Crippen MR) is 159 cm³/mol. The van der Waals surface area contributed by atoms with Gasteiger partial charge in [-0.05, 0) is 88.2 Å². The van der Waals surface area contributed by atoms with Crippen LogP contribution in [-0.4, -0.2) is 25.0 Å². The number of rotatable bonds is 6. The van der Waals surface area contributed by atoms with E-state index < -0.39 is 17.8 Å². The van der Waals surface area contributed by atoms with Gasteiger partial charge in [-0.2, -0.15) is 0 Å². The number of imide groups is 2. The lowest BCUT2D eigenvalue weighted by Crippen LogP contribution is -2.54. The fourth-order valence-corrected chi connectivity index (χ4v) is 5.38. The molecule has 0 radical (unpaired) electrons. The molecule has 1 fully saturated rings. The van der Waals surface area contributed by atoms with Gasteiger partial charge in [0.15, 0.2) is 11.5 Å². The standard InChI is InChI=1S/C31H25IN2O5/c1-18-12-13-21-9-5-6-10-22(21)24(18)17-39-28-25(32)15-20(16-27(28)38-3)14-23-29(35)33-31(37)34(30(23)36)26-11-7-4-8-19(26)2/h4-16H,17H2,1-3H3,(H,33,35,37)/b23-14+. The molecule has 196 valence electrons. The van der Waals surface area contributed by atoms with Gasteiger partial charge in [0, 0.05) is 5.56 Å². The molecule has 0 aromatic heterocycles. The summed E-state index contributed by atoms with van der Waals surface area (Å²) >= 11 is 2.15. The first-order valence-corrected chi connectivity index (χ1v) is 13.3. The highest BCUT2D eigenvalue weighted by Crippen LogP contribution is 2.36. The Bertz CT molecular complexity index is 1680. The van der Waals surface area contributed by atoms with Gasteiger partial charge in [-0.15, -0.1) is 0 Å². The van der Waals surface area contributed by atoms with Crippen molar-refractivity contribution in [2.24, 2.45) is 0 Å². The molecule has 4 amide bonds. The maximum Gasteiger partial charge on any atom is 0.335 e. The topological polar surface area (TPSA) is 84.9 Å². The summed E-state index contributed by atoms with van der Waals surface area (Å²) in [6, 6.07) is 22.1. The van der Waals surface area contributed by atoms with Crippen LogP contribution in [0.2, 0.25) is 0 Å². The average Bonchev–Trinajstić information content (AvgIpc) is 2.92. The van der Waals surface area contributed by atoms with Crippen LogP contribution >= 0.6 is 22.6 Å². The van der Waals surface area contributed by atoms with E-state index in [1.807, 2.05) is 18.2 Å². The molecular weight excluding hydrogens is 607 g/mol. The molecule has 7 nitrogen and oxygen atoms in total. The average molecular weight is 632 g/mol. The number of carbonyl (C=O) groups excluding carboxylic acids is 3. The molecule has 4 aromatic rings. The number of urea groups is 1. The highest BCUT2D eigenvalue weighted by molar-refractivity contribution is 14.1. The van der Waals surface area contributed by atoms with Crippen LogP contribution in [-0.2, 0) is 16.2 Å². The van der Waals surface area contributed by atoms with E-state index in [9.17, 15) is 14.4 Å².